The van der Waals surface area contributed by atoms with Gasteiger partial charge in [0.25, 0.3) is 0 Å². The van der Waals surface area contributed by atoms with Crippen LogP contribution in [0.4, 0.5) is 21.4 Å². The third-order valence-corrected chi connectivity index (χ3v) is 3.90. The Morgan fingerprint density at radius 2 is 1.39 bits per heavy atom. The average molecular weight is 465 g/mol. The molecule has 0 aliphatic carbocycles. The molecule has 12 nitrogen and oxygen atoms in total. The largest absolute Gasteiger partial charge is 0.444 e. The van der Waals surface area contributed by atoms with Gasteiger partial charge < -0.3 is 35.7 Å². The zero-order valence-corrected chi connectivity index (χ0v) is 20.3. The molecule has 0 fully saturated rings. The molecule has 2 heterocycles. The maximum absolute atomic E-state index is 11.7. The summed E-state index contributed by atoms with van der Waals surface area (Å²) in [6, 6.07) is 0. The number of hydrogen-bond donors (Lipinski definition) is 5. The average Bonchev–Trinajstić information content (AvgIpc) is 3.13. The van der Waals surface area contributed by atoms with Crippen molar-refractivity contribution in [1.29, 1.82) is 0 Å². The highest BCUT2D eigenvalue weighted by Crippen LogP contribution is 2.18. The van der Waals surface area contributed by atoms with Gasteiger partial charge in [-0.15, -0.1) is 0 Å². The number of H-pyrrole nitrogens is 1. The van der Waals surface area contributed by atoms with Crippen LogP contribution in [0.3, 0.4) is 0 Å². The quantitative estimate of drug-likeness (QED) is 0.334. The minimum Gasteiger partial charge on any atom is -0.444 e. The van der Waals surface area contributed by atoms with Crippen LogP contribution in [0.25, 0.3) is 11.2 Å². The van der Waals surface area contributed by atoms with E-state index in [4.69, 9.17) is 9.47 Å². The summed E-state index contributed by atoms with van der Waals surface area (Å²) in [4.78, 5) is 39.5. The number of aromatic amines is 1. The predicted molar refractivity (Wildman–Crippen MR) is 126 cm³/mol. The molecule has 184 valence electrons. The summed E-state index contributed by atoms with van der Waals surface area (Å²) in [5.41, 5.74) is 0.190. The van der Waals surface area contributed by atoms with Crippen molar-refractivity contribution in [2.24, 2.45) is 0 Å². The summed E-state index contributed by atoms with van der Waals surface area (Å²) < 4.78 is 10.4. The Kier molecular flexibility index (Phi) is 9.06. The summed E-state index contributed by atoms with van der Waals surface area (Å²) >= 11 is 0. The summed E-state index contributed by atoms with van der Waals surface area (Å²) in [7, 11) is 0. The SMILES string of the molecule is CC(C)(C)OC(=O)NCCCNc1nc(NCCCNC(=O)OC(C)(C)C)c2[nH]cnc2n1. The van der Waals surface area contributed by atoms with Crippen molar-refractivity contribution in [2.45, 2.75) is 65.6 Å². The van der Waals surface area contributed by atoms with E-state index in [0.717, 1.165) is 0 Å². The molecule has 2 aromatic heterocycles. The van der Waals surface area contributed by atoms with Crippen LogP contribution in [-0.4, -0.2) is 69.5 Å². The third-order valence-electron chi connectivity index (χ3n) is 3.90. The predicted octanol–water partition coefficient (Wildman–Crippen LogP) is 3.01. The summed E-state index contributed by atoms with van der Waals surface area (Å²) in [6.45, 7) is 13.0. The Hall–Kier alpha value is -3.31. The molecule has 2 amide bonds. The number of fused-ring (bicyclic) bond motifs is 1. The molecule has 0 unspecified atom stereocenters. The van der Waals surface area contributed by atoms with Crippen molar-refractivity contribution >= 4 is 35.1 Å². The number of imidazole rings is 1. The van der Waals surface area contributed by atoms with Gasteiger partial charge in [-0.25, -0.2) is 14.6 Å². The van der Waals surface area contributed by atoms with E-state index in [-0.39, 0.29) is 0 Å². The highest BCUT2D eigenvalue weighted by Gasteiger charge is 2.16. The van der Waals surface area contributed by atoms with E-state index in [1.54, 1.807) is 6.33 Å². The lowest BCUT2D eigenvalue weighted by atomic mass is 10.2. The molecule has 0 bridgehead atoms. The summed E-state index contributed by atoms with van der Waals surface area (Å²) in [5.74, 6) is 1.05. The number of rotatable bonds is 10. The van der Waals surface area contributed by atoms with E-state index >= 15 is 0 Å². The van der Waals surface area contributed by atoms with Gasteiger partial charge in [0.2, 0.25) is 5.95 Å². The maximum atomic E-state index is 11.7. The van der Waals surface area contributed by atoms with Gasteiger partial charge in [0.1, 0.15) is 16.7 Å². The van der Waals surface area contributed by atoms with E-state index in [9.17, 15) is 9.59 Å². The maximum Gasteiger partial charge on any atom is 0.407 e. The van der Waals surface area contributed by atoms with Crippen molar-refractivity contribution in [1.82, 2.24) is 30.6 Å². The Bertz CT molecular complexity index is 917. The fraction of sp³-hybridized carbons (Fsp3) is 0.667. The van der Waals surface area contributed by atoms with Crippen molar-refractivity contribution in [3.8, 4) is 0 Å². The topological polar surface area (TPSA) is 155 Å². The van der Waals surface area contributed by atoms with Crippen LogP contribution >= 0.6 is 0 Å². The van der Waals surface area contributed by atoms with Crippen LogP contribution in [0.5, 0.6) is 0 Å². The molecule has 0 aliphatic rings. The van der Waals surface area contributed by atoms with Gasteiger partial charge in [0.15, 0.2) is 11.5 Å². The minimum absolute atomic E-state index is 0.432. The van der Waals surface area contributed by atoms with E-state index in [1.807, 2.05) is 41.5 Å². The standard InChI is InChI=1S/C21H36N8O4/c1-20(2,3)32-18(30)24-11-7-9-22-15-14-16(27-13-26-14)29-17(28-15)23-10-8-12-25-19(31)33-21(4,5)6/h13H,7-12H2,1-6H3,(H,24,30)(H,25,31)(H3,22,23,26,27,28,29). The molecule has 33 heavy (non-hydrogen) atoms. The number of amides is 2. The number of nitrogens with one attached hydrogen (secondary N) is 5. The number of hydrogen-bond acceptors (Lipinski definition) is 9. The summed E-state index contributed by atoms with van der Waals surface area (Å²) in [5, 5.41) is 11.8. The van der Waals surface area contributed by atoms with E-state index in [2.05, 4.69) is 41.2 Å². The van der Waals surface area contributed by atoms with Gasteiger partial charge in [0, 0.05) is 26.2 Å². The molecule has 0 aromatic carbocycles. The molecule has 5 N–H and O–H groups in total. The molecule has 0 spiro atoms. The number of carbonyl (C=O) groups is 2. The first-order valence-electron chi connectivity index (χ1n) is 11.1. The van der Waals surface area contributed by atoms with Crippen LogP contribution < -0.4 is 21.3 Å². The van der Waals surface area contributed by atoms with Gasteiger partial charge >= 0.3 is 12.2 Å². The van der Waals surface area contributed by atoms with E-state index in [1.165, 1.54) is 0 Å². The third kappa shape index (κ3) is 10.2. The number of carbonyl (C=O) groups excluding carboxylic acids is 2. The van der Waals surface area contributed by atoms with Crippen LogP contribution in [0.15, 0.2) is 6.33 Å². The monoisotopic (exact) mass is 464 g/mol. The highest BCUT2D eigenvalue weighted by atomic mass is 16.6. The lowest BCUT2D eigenvalue weighted by Crippen LogP contribution is -2.33. The second-order valence-electron chi connectivity index (χ2n) is 9.41. The first kappa shape index (κ1) is 25.9. The van der Waals surface area contributed by atoms with Crippen molar-refractivity contribution in [2.75, 3.05) is 36.8 Å². The molecule has 0 saturated carbocycles. The van der Waals surface area contributed by atoms with Gasteiger partial charge in [0.05, 0.1) is 6.33 Å². The van der Waals surface area contributed by atoms with Crippen molar-refractivity contribution < 1.29 is 19.1 Å². The molecule has 0 radical (unpaired) electrons. The van der Waals surface area contributed by atoms with Crippen LogP contribution in [-0.2, 0) is 9.47 Å². The Labute approximate surface area is 194 Å². The zero-order valence-electron chi connectivity index (χ0n) is 20.3. The normalized spacial score (nSPS) is 11.7. The van der Waals surface area contributed by atoms with E-state index < -0.39 is 23.4 Å². The molecule has 12 heteroatoms. The lowest BCUT2D eigenvalue weighted by molar-refractivity contribution is 0.0516. The smallest absolute Gasteiger partial charge is 0.407 e. The van der Waals surface area contributed by atoms with Gasteiger partial charge in [-0.05, 0) is 54.4 Å². The lowest BCUT2D eigenvalue weighted by Gasteiger charge is -2.19. The van der Waals surface area contributed by atoms with Crippen LogP contribution in [0.1, 0.15) is 54.4 Å². The van der Waals surface area contributed by atoms with Crippen LogP contribution in [0.2, 0.25) is 0 Å². The fourth-order valence-electron chi connectivity index (χ4n) is 2.63. The van der Waals surface area contributed by atoms with Crippen molar-refractivity contribution in [3.63, 3.8) is 0 Å². The molecule has 2 rings (SSSR count). The molecule has 2 aromatic rings. The highest BCUT2D eigenvalue weighted by molar-refractivity contribution is 5.83. The van der Waals surface area contributed by atoms with Crippen LogP contribution in [0, 0.1) is 0 Å². The number of aromatic nitrogens is 4. The number of ether oxygens (including phenoxy) is 2. The number of anilines is 2. The second kappa shape index (κ2) is 11.5. The first-order valence-corrected chi connectivity index (χ1v) is 11.1. The van der Waals surface area contributed by atoms with E-state index in [0.29, 0.717) is 62.0 Å². The minimum atomic E-state index is -0.523. The first-order chi connectivity index (χ1) is 15.4. The van der Waals surface area contributed by atoms with Gasteiger partial charge in [-0.1, -0.05) is 0 Å². The molecule has 0 aliphatic heterocycles. The van der Waals surface area contributed by atoms with Gasteiger partial charge in [-0.2, -0.15) is 9.97 Å². The van der Waals surface area contributed by atoms with Gasteiger partial charge in [-0.3, -0.25) is 0 Å². The Morgan fingerprint density at radius 1 is 0.848 bits per heavy atom. The Balaban J connectivity index is 1.77. The zero-order chi connectivity index (χ0) is 24.5. The molecule has 0 atom stereocenters. The number of nitrogens with zero attached hydrogens (tertiary/aromatic N) is 3. The van der Waals surface area contributed by atoms with Crippen molar-refractivity contribution in [3.05, 3.63) is 6.33 Å². The Morgan fingerprint density at radius 3 is 1.94 bits per heavy atom. The molecule has 0 saturated heterocycles. The molecular formula is C21H36N8O4. The fourth-order valence-corrected chi connectivity index (χ4v) is 2.63. The second-order valence-corrected chi connectivity index (χ2v) is 9.41. The number of alkyl carbamates (subject to hydrolysis) is 2. The summed E-state index contributed by atoms with van der Waals surface area (Å²) in [6.07, 6.45) is 2.03. The molecular weight excluding hydrogens is 428 g/mol.